The number of rotatable bonds is 5. The Morgan fingerprint density at radius 1 is 1.07 bits per heavy atom. The van der Waals surface area contributed by atoms with E-state index in [-0.39, 0.29) is 16.6 Å². The van der Waals surface area contributed by atoms with Crippen LogP contribution in [0.25, 0.3) is 11.1 Å². The molecule has 0 aromatic heterocycles. The molecule has 0 fully saturated rings. The molecule has 0 radical (unpaired) electrons. The summed E-state index contributed by atoms with van der Waals surface area (Å²) in [7, 11) is -4.06. The monoisotopic (exact) mass is 430 g/mol. The average molecular weight is 431 g/mol. The van der Waals surface area contributed by atoms with Crippen molar-refractivity contribution in [3.63, 3.8) is 0 Å². The van der Waals surface area contributed by atoms with Gasteiger partial charge in [-0.15, -0.1) is 0 Å². The molecule has 3 rings (SSSR count). The summed E-state index contributed by atoms with van der Waals surface area (Å²) in [5.41, 5.74) is 2.82. The van der Waals surface area contributed by atoms with Crippen LogP contribution in [-0.4, -0.2) is 14.3 Å². The zero-order valence-corrected chi connectivity index (χ0v) is 17.3. The van der Waals surface area contributed by atoms with Gasteiger partial charge in [0.1, 0.15) is 16.4 Å². The number of nitrogens with one attached hydrogen (secondary N) is 1. The van der Waals surface area contributed by atoms with E-state index in [9.17, 15) is 13.2 Å². The quantitative estimate of drug-likeness (QED) is 0.612. The summed E-state index contributed by atoms with van der Waals surface area (Å²) < 4.78 is 30.1. The third-order valence-electron chi connectivity index (χ3n) is 4.23. The molecule has 3 aromatic carbocycles. The Bertz CT molecular complexity index is 1190. The zero-order chi connectivity index (χ0) is 21.2. The first-order valence-corrected chi connectivity index (χ1v) is 10.6. The fourth-order valence-corrected chi connectivity index (χ4v) is 3.77. The smallest absolute Gasteiger partial charge is 0.241 e. The van der Waals surface area contributed by atoms with Gasteiger partial charge in [0, 0.05) is 17.6 Å². The van der Waals surface area contributed by atoms with Crippen LogP contribution in [0.3, 0.4) is 0 Å². The molecule has 0 aliphatic carbocycles. The van der Waals surface area contributed by atoms with Gasteiger partial charge in [-0.1, -0.05) is 35.9 Å². The summed E-state index contributed by atoms with van der Waals surface area (Å²) in [5.74, 6) is 0.286. The lowest BCUT2D eigenvalue weighted by atomic mass is 9.99. The van der Waals surface area contributed by atoms with Gasteiger partial charge in [0.25, 0.3) is 0 Å². The van der Waals surface area contributed by atoms with Crippen molar-refractivity contribution in [2.75, 3.05) is 5.32 Å². The van der Waals surface area contributed by atoms with Crippen molar-refractivity contribution in [2.24, 2.45) is 5.14 Å². The van der Waals surface area contributed by atoms with E-state index in [0.29, 0.717) is 22.0 Å². The Morgan fingerprint density at radius 3 is 2.45 bits per heavy atom. The number of hydrogen-bond donors (Lipinski definition) is 2. The highest BCUT2D eigenvalue weighted by molar-refractivity contribution is 7.89. The molecule has 8 heteroatoms. The molecule has 0 unspecified atom stereocenters. The van der Waals surface area contributed by atoms with E-state index in [2.05, 4.69) is 5.32 Å². The first-order chi connectivity index (χ1) is 13.6. The second kappa shape index (κ2) is 8.24. The maximum absolute atomic E-state index is 12.2. The Labute approximate surface area is 174 Å². The molecule has 150 valence electrons. The van der Waals surface area contributed by atoms with Crippen LogP contribution < -0.4 is 15.2 Å². The Kier molecular flexibility index (Phi) is 5.93. The van der Waals surface area contributed by atoms with Crippen LogP contribution in [0.15, 0.2) is 65.6 Å². The molecule has 0 saturated heterocycles. The Hall–Kier alpha value is -2.87. The highest BCUT2D eigenvalue weighted by Gasteiger charge is 2.18. The summed E-state index contributed by atoms with van der Waals surface area (Å²) in [4.78, 5) is 11.3. The van der Waals surface area contributed by atoms with Gasteiger partial charge in [-0.25, -0.2) is 13.6 Å². The van der Waals surface area contributed by atoms with E-state index in [1.807, 2.05) is 13.0 Å². The van der Waals surface area contributed by atoms with Gasteiger partial charge in [-0.2, -0.15) is 0 Å². The van der Waals surface area contributed by atoms with Crippen molar-refractivity contribution in [3.05, 3.63) is 71.2 Å². The summed E-state index contributed by atoms with van der Waals surface area (Å²) in [6.07, 6.45) is 0. The molecular formula is C21H19ClN2O4S. The van der Waals surface area contributed by atoms with Crippen LogP contribution in [0.2, 0.25) is 5.02 Å². The van der Waals surface area contributed by atoms with Gasteiger partial charge in [0.05, 0.1) is 0 Å². The second-order valence-corrected chi connectivity index (χ2v) is 8.39. The van der Waals surface area contributed by atoms with Crippen molar-refractivity contribution in [2.45, 2.75) is 18.7 Å². The fraction of sp³-hybridized carbons (Fsp3) is 0.0952. The second-order valence-electron chi connectivity index (χ2n) is 6.43. The standard InChI is InChI=1S/C21H19ClN2O4S/c1-13-18(7-4-8-19(13)24-14(2)25)15-9-10-20(21(11-15)29(23,26)27)28-17-6-3-5-16(22)12-17/h3-12H,1-2H3,(H,24,25)(H2,23,26,27). The number of carbonyl (C=O) groups is 1. The highest BCUT2D eigenvalue weighted by Crippen LogP contribution is 2.35. The number of primary sulfonamides is 1. The maximum Gasteiger partial charge on any atom is 0.241 e. The first kappa shape index (κ1) is 20.9. The lowest BCUT2D eigenvalue weighted by molar-refractivity contribution is -0.114. The fourth-order valence-electron chi connectivity index (χ4n) is 2.91. The lowest BCUT2D eigenvalue weighted by Crippen LogP contribution is -2.13. The van der Waals surface area contributed by atoms with Crippen LogP contribution >= 0.6 is 11.6 Å². The van der Waals surface area contributed by atoms with E-state index < -0.39 is 10.0 Å². The van der Waals surface area contributed by atoms with Gasteiger partial charge in [-0.3, -0.25) is 4.79 Å². The Morgan fingerprint density at radius 2 is 1.79 bits per heavy atom. The molecule has 0 aliphatic rings. The zero-order valence-electron chi connectivity index (χ0n) is 15.8. The number of benzene rings is 3. The van der Waals surface area contributed by atoms with Crippen LogP contribution in [0.5, 0.6) is 11.5 Å². The summed E-state index contributed by atoms with van der Waals surface area (Å²) in [6, 6.07) is 16.7. The van der Waals surface area contributed by atoms with E-state index in [1.54, 1.807) is 48.5 Å². The molecule has 3 N–H and O–H groups in total. The predicted octanol–water partition coefficient (Wildman–Crippen LogP) is 4.71. The van der Waals surface area contributed by atoms with Gasteiger partial charge in [0.2, 0.25) is 15.9 Å². The molecule has 0 aliphatic heterocycles. The third-order valence-corrected chi connectivity index (χ3v) is 5.40. The predicted molar refractivity (Wildman–Crippen MR) is 114 cm³/mol. The number of hydrogen-bond acceptors (Lipinski definition) is 4. The molecule has 0 heterocycles. The maximum atomic E-state index is 12.2. The van der Waals surface area contributed by atoms with Gasteiger partial charge >= 0.3 is 0 Å². The van der Waals surface area contributed by atoms with E-state index >= 15 is 0 Å². The van der Waals surface area contributed by atoms with Crippen molar-refractivity contribution < 1.29 is 17.9 Å². The number of nitrogens with two attached hydrogens (primary N) is 1. The Balaban J connectivity index is 2.09. The molecule has 0 spiro atoms. The average Bonchev–Trinajstić information content (AvgIpc) is 2.63. The van der Waals surface area contributed by atoms with E-state index in [0.717, 1.165) is 11.1 Å². The van der Waals surface area contributed by atoms with Gasteiger partial charge < -0.3 is 10.1 Å². The highest BCUT2D eigenvalue weighted by atomic mass is 35.5. The molecule has 3 aromatic rings. The summed E-state index contributed by atoms with van der Waals surface area (Å²) in [6.45, 7) is 3.26. The van der Waals surface area contributed by atoms with Crippen LogP contribution in [0.1, 0.15) is 12.5 Å². The van der Waals surface area contributed by atoms with E-state index in [1.165, 1.54) is 13.0 Å². The summed E-state index contributed by atoms with van der Waals surface area (Å²) in [5, 5.41) is 8.65. The van der Waals surface area contributed by atoms with Crippen molar-refractivity contribution in [1.29, 1.82) is 0 Å². The third kappa shape index (κ3) is 4.95. The number of anilines is 1. The van der Waals surface area contributed by atoms with Crippen molar-refractivity contribution in [1.82, 2.24) is 0 Å². The minimum atomic E-state index is -4.06. The molecule has 0 saturated carbocycles. The molecule has 29 heavy (non-hydrogen) atoms. The number of ether oxygens (including phenoxy) is 1. The minimum Gasteiger partial charge on any atom is -0.456 e. The number of sulfonamides is 1. The normalized spacial score (nSPS) is 11.2. The van der Waals surface area contributed by atoms with Crippen molar-refractivity contribution in [3.8, 4) is 22.6 Å². The van der Waals surface area contributed by atoms with Gasteiger partial charge in [-0.05, 0) is 60.0 Å². The van der Waals surface area contributed by atoms with Crippen LogP contribution in [0.4, 0.5) is 5.69 Å². The molecule has 6 nitrogen and oxygen atoms in total. The molecule has 0 bridgehead atoms. The number of halogens is 1. The number of carbonyl (C=O) groups excluding carboxylic acids is 1. The van der Waals surface area contributed by atoms with Crippen molar-refractivity contribution >= 4 is 33.2 Å². The number of amides is 1. The molecular weight excluding hydrogens is 412 g/mol. The SMILES string of the molecule is CC(=O)Nc1cccc(-c2ccc(Oc3cccc(Cl)c3)c(S(N)(=O)=O)c2)c1C. The topological polar surface area (TPSA) is 98.5 Å². The largest absolute Gasteiger partial charge is 0.456 e. The summed E-state index contributed by atoms with van der Waals surface area (Å²) >= 11 is 5.96. The van der Waals surface area contributed by atoms with E-state index in [4.69, 9.17) is 21.5 Å². The lowest BCUT2D eigenvalue weighted by Gasteiger charge is -2.15. The molecule has 1 amide bonds. The van der Waals surface area contributed by atoms with Gasteiger partial charge in [0.15, 0.2) is 0 Å². The van der Waals surface area contributed by atoms with Crippen LogP contribution in [0, 0.1) is 6.92 Å². The minimum absolute atomic E-state index is 0.0918. The molecule has 0 atom stereocenters. The first-order valence-electron chi connectivity index (χ1n) is 8.63. The van der Waals surface area contributed by atoms with Crippen LogP contribution in [-0.2, 0) is 14.8 Å².